The summed E-state index contributed by atoms with van der Waals surface area (Å²) in [4.78, 5) is 34.1. The highest BCUT2D eigenvalue weighted by Gasteiger charge is 2.48. The van der Waals surface area contributed by atoms with Gasteiger partial charge in [-0.15, -0.1) is 0 Å². The minimum Gasteiger partial charge on any atom is -0.493 e. The Labute approximate surface area is 215 Å². The molecule has 0 saturated carbocycles. The SMILES string of the molecule is CCOC(=O)[C@@H]1C(=O)N(CCc2ccccc2)c2nc3ccccc3n2[C@@H]1c1cccc(OC)c1OC. The molecular weight excluding hydrogens is 470 g/mol. The van der Waals surface area contributed by atoms with Gasteiger partial charge in [0.25, 0.3) is 0 Å². The molecule has 0 fully saturated rings. The van der Waals surface area contributed by atoms with Crippen LogP contribution in [0.4, 0.5) is 5.95 Å². The summed E-state index contributed by atoms with van der Waals surface area (Å²) < 4.78 is 18.7. The molecule has 2 atom stereocenters. The van der Waals surface area contributed by atoms with Gasteiger partial charge in [0, 0.05) is 12.1 Å². The topological polar surface area (TPSA) is 82.9 Å². The van der Waals surface area contributed by atoms with Gasteiger partial charge in [-0.2, -0.15) is 0 Å². The van der Waals surface area contributed by atoms with Crippen LogP contribution in [0.1, 0.15) is 24.1 Å². The summed E-state index contributed by atoms with van der Waals surface area (Å²) in [5.41, 5.74) is 3.26. The number of carbonyl (C=O) groups is 2. The zero-order valence-electron chi connectivity index (χ0n) is 21.1. The molecule has 0 bridgehead atoms. The van der Waals surface area contributed by atoms with Crippen molar-refractivity contribution in [3.63, 3.8) is 0 Å². The molecule has 8 nitrogen and oxygen atoms in total. The zero-order valence-corrected chi connectivity index (χ0v) is 21.1. The number of ether oxygens (including phenoxy) is 3. The van der Waals surface area contributed by atoms with Crippen molar-refractivity contribution in [2.24, 2.45) is 5.92 Å². The van der Waals surface area contributed by atoms with Crippen LogP contribution in [0.15, 0.2) is 72.8 Å². The van der Waals surface area contributed by atoms with Crippen LogP contribution in [0.3, 0.4) is 0 Å². The van der Waals surface area contributed by atoms with E-state index in [9.17, 15) is 9.59 Å². The molecule has 1 amide bonds. The lowest BCUT2D eigenvalue weighted by Crippen LogP contribution is -2.50. The number of carbonyl (C=O) groups excluding carboxylic acids is 2. The van der Waals surface area contributed by atoms with E-state index in [4.69, 9.17) is 19.2 Å². The van der Waals surface area contributed by atoms with Crippen molar-refractivity contribution in [3.8, 4) is 11.5 Å². The maximum absolute atomic E-state index is 14.1. The highest BCUT2D eigenvalue weighted by molar-refractivity contribution is 6.08. The highest BCUT2D eigenvalue weighted by atomic mass is 16.5. The summed E-state index contributed by atoms with van der Waals surface area (Å²) in [6, 6.07) is 22.3. The summed E-state index contributed by atoms with van der Waals surface area (Å²) in [6.45, 7) is 2.26. The van der Waals surface area contributed by atoms with Gasteiger partial charge < -0.3 is 18.8 Å². The van der Waals surface area contributed by atoms with Gasteiger partial charge in [0.1, 0.15) is 0 Å². The van der Waals surface area contributed by atoms with E-state index in [0.29, 0.717) is 36.0 Å². The van der Waals surface area contributed by atoms with Crippen LogP contribution in [0, 0.1) is 5.92 Å². The molecule has 8 heteroatoms. The molecule has 1 aliphatic heterocycles. The van der Waals surface area contributed by atoms with Gasteiger partial charge in [0.15, 0.2) is 17.4 Å². The number of nitrogens with zero attached hydrogens (tertiary/aromatic N) is 3. The van der Waals surface area contributed by atoms with Crippen LogP contribution in [0.25, 0.3) is 11.0 Å². The second-order valence-electron chi connectivity index (χ2n) is 8.75. The van der Waals surface area contributed by atoms with Crippen molar-refractivity contribution in [2.45, 2.75) is 19.4 Å². The van der Waals surface area contributed by atoms with E-state index >= 15 is 0 Å². The summed E-state index contributed by atoms with van der Waals surface area (Å²) >= 11 is 0. The van der Waals surface area contributed by atoms with Gasteiger partial charge in [-0.1, -0.05) is 54.6 Å². The molecule has 1 aliphatic rings. The van der Waals surface area contributed by atoms with Gasteiger partial charge in [-0.25, -0.2) is 4.98 Å². The van der Waals surface area contributed by atoms with Crippen molar-refractivity contribution < 1.29 is 23.8 Å². The van der Waals surface area contributed by atoms with Crippen molar-refractivity contribution in [2.75, 3.05) is 32.3 Å². The average Bonchev–Trinajstić information content (AvgIpc) is 3.31. The third kappa shape index (κ3) is 4.28. The molecule has 37 heavy (non-hydrogen) atoms. The molecule has 0 aliphatic carbocycles. The Balaban J connectivity index is 1.73. The van der Waals surface area contributed by atoms with Crippen molar-refractivity contribution >= 4 is 28.9 Å². The molecule has 5 rings (SSSR count). The molecule has 0 unspecified atom stereocenters. The maximum atomic E-state index is 14.1. The third-order valence-corrected chi connectivity index (χ3v) is 6.70. The molecule has 4 aromatic rings. The number of hydrogen-bond donors (Lipinski definition) is 0. The first kappa shape index (κ1) is 24.4. The Bertz CT molecular complexity index is 1430. The number of fused-ring (bicyclic) bond motifs is 3. The van der Waals surface area contributed by atoms with Gasteiger partial charge in [-0.05, 0) is 37.1 Å². The average molecular weight is 500 g/mol. The zero-order chi connectivity index (χ0) is 25.9. The standard InChI is InChI=1S/C29H29N3O5/c1-4-37-28(34)24-25(20-13-10-16-23(35-2)26(20)36-3)32-22-15-9-8-14-21(22)30-29(32)31(27(24)33)18-17-19-11-6-5-7-12-19/h5-16,24-25H,4,17-18H2,1-3H3/t24-,25+/m0/s1. The van der Waals surface area contributed by atoms with E-state index in [1.165, 1.54) is 0 Å². The fourth-order valence-corrected chi connectivity index (χ4v) is 5.07. The van der Waals surface area contributed by atoms with E-state index in [1.807, 2.05) is 71.3 Å². The Morgan fingerprint density at radius 2 is 1.70 bits per heavy atom. The lowest BCUT2D eigenvalue weighted by molar-refractivity contribution is -0.153. The van der Waals surface area contributed by atoms with E-state index in [1.54, 1.807) is 32.1 Å². The number of esters is 1. The first-order chi connectivity index (χ1) is 18.1. The van der Waals surface area contributed by atoms with Crippen molar-refractivity contribution in [1.82, 2.24) is 9.55 Å². The van der Waals surface area contributed by atoms with Crippen LogP contribution >= 0.6 is 0 Å². The molecule has 3 aromatic carbocycles. The van der Waals surface area contributed by atoms with Gasteiger partial charge in [0.2, 0.25) is 11.9 Å². The third-order valence-electron chi connectivity index (χ3n) is 6.70. The molecule has 2 heterocycles. The van der Waals surface area contributed by atoms with E-state index in [0.717, 1.165) is 16.6 Å². The Hall–Kier alpha value is -4.33. The van der Waals surface area contributed by atoms with Crippen LogP contribution in [-0.4, -0.2) is 48.8 Å². The lowest BCUT2D eigenvalue weighted by Gasteiger charge is -2.38. The normalized spacial score (nSPS) is 16.9. The van der Waals surface area contributed by atoms with Crippen LogP contribution in [0.2, 0.25) is 0 Å². The predicted octanol–water partition coefficient (Wildman–Crippen LogP) is 4.41. The number of benzene rings is 3. The second-order valence-corrected chi connectivity index (χ2v) is 8.75. The molecule has 0 radical (unpaired) electrons. The van der Waals surface area contributed by atoms with Crippen molar-refractivity contribution in [1.29, 1.82) is 0 Å². The Kier molecular flexibility index (Phi) is 6.81. The fraction of sp³-hybridized carbons (Fsp3) is 0.276. The molecule has 1 aromatic heterocycles. The Morgan fingerprint density at radius 3 is 2.43 bits per heavy atom. The summed E-state index contributed by atoms with van der Waals surface area (Å²) in [7, 11) is 3.10. The van der Waals surface area contributed by atoms with Crippen LogP contribution in [-0.2, 0) is 20.7 Å². The lowest BCUT2D eigenvalue weighted by atomic mass is 9.88. The Morgan fingerprint density at radius 1 is 0.946 bits per heavy atom. The van der Waals surface area contributed by atoms with Gasteiger partial charge >= 0.3 is 5.97 Å². The molecule has 0 N–H and O–H groups in total. The predicted molar refractivity (Wildman–Crippen MR) is 140 cm³/mol. The summed E-state index contributed by atoms with van der Waals surface area (Å²) in [6.07, 6.45) is 0.610. The first-order valence-corrected chi connectivity index (χ1v) is 12.3. The smallest absolute Gasteiger partial charge is 0.321 e. The van der Waals surface area contributed by atoms with E-state index in [-0.39, 0.29) is 12.5 Å². The number of imidazole rings is 1. The highest BCUT2D eigenvalue weighted by Crippen LogP contribution is 2.46. The second kappa shape index (κ2) is 10.3. The number of para-hydroxylation sites is 3. The molecule has 0 spiro atoms. The first-order valence-electron chi connectivity index (χ1n) is 12.3. The number of aromatic nitrogens is 2. The van der Waals surface area contributed by atoms with Crippen molar-refractivity contribution in [3.05, 3.63) is 83.9 Å². The largest absolute Gasteiger partial charge is 0.493 e. The summed E-state index contributed by atoms with van der Waals surface area (Å²) in [5, 5.41) is 0. The summed E-state index contributed by atoms with van der Waals surface area (Å²) in [5.74, 6) is -0.631. The van der Waals surface area contributed by atoms with Gasteiger partial charge in [0.05, 0.1) is 37.9 Å². The van der Waals surface area contributed by atoms with E-state index < -0.39 is 17.9 Å². The molecular formula is C29H29N3O5. The number of methoxy groups -OCH3 is 2. The van der Waals surface area contributed by atoms with Crippen LogP contribution < -0.4 is 14.4 Å². The van der Waals surface area contributed by atoms with E-state index in [2.05, 4.69) is 0 Å². The monoisotopic (exact) mass is 499 g/mol. The van der Waals surface area contributed by atoms with Gasteiger partial charge in [-0.3, -0.25) is 14.5 Å². The number of amides is 1. The fourth-order valence-electron chi connectivity index (χ4n) is 5.07. The number of rotatable bonds is 8. The molecule has 190 valence electrons. The van der Waals surface area contributed by atoms with Crippen LogP contribution in [0.5, 0.6) is 11.5 Å². The quantitative estimate of drug-likeness (QED) is 0.264. The molecule has 0 saturated heterocycles. The minimum absolute atomic E-state index is 0.159. The number of anilines is 1. The minimum atomic E-state index is -1.14. The maximum Gasteiger partial charge on any atom is 0.321 e. The number of hydrogen-bond acceptors (Lipinski definition) is 6.